The lowest BCUT2D eigenvalue weighted by Crippen LogP contribution is -2.38. The maximum Gasteiger partial charge on any atom is 0.347 e. The second kappa shape index (κ2) is 6.42. The Bertz CT molecular complexity index is 967. The highest BCUT2D eigenvalue weighted by atomic mass is 16.5. The van der Waals surface area contributed by atoms with Crippen LogP contribution < -0.4 is 0 Å². The number of aromatic amines is 1. The summed E-state index contributed by atoms with van der Waals surface area (Å²) in [4.78, 5) is 15.8. The van der Waals surface area contributed by atoms with Crippen LogP contribution in [0.4, 0.5) is 0 Å². The minimum atomic E-state index is -1.96. The number of hydrogen-bond acceptors (Lipinski definition) is 4. The number of aryl methyl sites for hydroxylation is 1. The monoisotopic (exact) mass is 334 g/mol. The SMILES string of the molecule is CCOC(=O)[C@@](O)(c1ccc(C#N)cc1)c1c[nH]c2c(C)cccc12. The van der Waals surface area contributed by atoms with Crippen molar-refractivity contribution in [1.82, 2.24) is 4.98 Å². The lowest BCUT2D eigenvalue weighted by Gasteiger charge is -2.26. The van der Waals surface area contributed by atoms with E-state index in [1.807, 2.05) is 31.2 Å². The zero-order valence-corrected chi connectivity index (χ0v) is 14.0. The van der Waals surface area contributed by atoms with E-state index < -0.39 is 11.6 Å². The van der Waals surface area contributed by atoms with E-state index in [4.69, 9.17) is 10.00 Å². The third-order valence-electron chi connectivity index (χ3n) is 4.32. The van der Waals surface area contributed by atoms with E-state index in [1.165, 1.54) is 0 Å². The Morgan fingerprint density at radius 2 is 2.00 bits per heavy atom. The highest BCUT2D eigenvalue weighted by molar-refractivity contribution is 5.95. The summed E-state index contributed by atoms with van der Waals surface area (Å²) in [5, 5.41) is 21.1. The van der Waals surface area contributed by atoms with Gasteiger partial charge in [0.15, 0.2) is 0 Å². The molecule has 3 aromatic rings. The molecular formula is C20H18N2O3. The molecule has 0 aliphatic carbocycles. The number of nitrogens with one attached hydrogen (secondary N) is 1. The molecule has 0 fully saturated rings. The number of benzene rings is 2. The minimum Gasteiger partial charge on any atom is -0.463 e. The van der Waals surface area contributed by atoms with Gasteiger partial charge in [-0.2, -0.15) is 5.26 Å². The Morgan fingerprint density at radius 3 is 2.64 bits per heavy atom. The number of ether oxygens (including phenoxy) is 1. The molecule has 126 valence electrons. The van der Waals surface area contributed by atoms with Crippen molar-refractivity contribution in [2.75, 3.05) is 6.61 Å². The maximum absolute atomic E-state index is 12.7. The van der Waals surface area contributed by atoms with Crippen molar-refractivity contribution < 1.29 is 14.6 Å². The zero-order chi connectivity index (χ0) is 18.0. The van der Waals surface area contributed by atoms with E-state index in [2.05, 4.69) is 4.98 Å². The fraction of sp³-hybridized carbons (Fsp3) is 0.200. The number of aliphatic hydroxyl groups is 1. The number of aromatic nitrogens is 1. The summed E-state index contributed by atoms with van der Waals surface area (Å²) in [6, 6.07) is 14.0. The number of nitriles is 1. The summed E-state index contributed by atoms with van der Waals surface area (Å²) in [6.45, 7) is 3.79. The largest absolute Gasteiger partial charge is 0.463 e. The lowest BCUT2D eigenvalue weighted by molar-refractivity contribution is -0.161. The Hall–Kier alpha value is -3.10. The molecule has 2 aromatic carbocycles. The number of esters is 1. The fourth-order valence-corrected chi connectivity index (χ4v) is 3.01. The van der Waals surface area contributed by atoms with Gasteiger partial charge in [-0.1, -0.05) is 30.3 Å². The summed E-state index contributed by atoms with van der Waals surface area (Å²) >= 11 is 0. The lowest BCUT2D eigenvalue weighted by atomic mass is 9.85. The molecule has 0 saturated carbocycles. The Kier molecular flexibility index (Phi) is 4.30. The van der Waals surface area contributed by atoms with E-state index in [0.717, 1.165) is 16.5 Å². The van der Waals surface area contributed by atoms with Crippen molar-refractivity contribution in [3.05, 3.63) is 70.9 Å². The molecule has 0 bridgehead atoms. The van der Waals surface area contributed by atoms with Crippen molar-refractivity contribution >= 4 is 16.9 Å². The van der Waals surface area contributed by atoms with Crippen LogP contribution in [-0.4, -0.2) is 22.7 Å². The molecule has 5 heteroatoms. The smallest absolute Gasteiger partial charge is 0.347 e. The maximum atomic E-state index is 12.7. The predicted molar refractivity (Wildman–Crippen MR) is 93.8 cm³/mol. The molecule has 0 aliphatic rings. The molecule has 0 radical (unpaired) electrons. The highest BCUT2D eigenvalue weighted by Gasteiger charge is 2.43. The van der Waals surface area contributed by atoms with Crippen molar-refractivity contribution in [2.45, 2.75) is 19.4 Å². The predicted octanol–water partition coefficient (Wildman–Crippen LogP) is 3.15. The first kappa shape index (κ1) is 16.7. The minimum absolute atomic E-state index is 0.152. The molecule has 0 spiro atoms. The summed E-state index contributed by atoms with van der Waals surface area (Å²) in [6.07, 6.45) is 1.63. The van der Waals surface area contributed by atoms with Crippen molar-refractivity contribution in [3.63, 3.8) is 0 Å². The number of H-pyrrole nitrogens is 1. The summed E-state index contributed by atoms with van der Waals surface area (Å²) < 4.78 is 5.15. The molecule has 5 nitrogen and oxygen atoms in total. The van der Waals surface area contributed by atoms with E-state index in [0.29, 0.717) is 16.7 Å². The Morgan fingerprint density at radius 1 is 1.28 bits per heavy atom. The molecule has 25 heavy (non-hydrogen) atoms. The standard InChI is InChI=1S/C20H18N2O3/c1-3-25-19(23)20(24,15-9-7-14(11-21)8-10-15)17-12-22-18-13(2)5-4-6-16(17)18/h4-10,12,22,24H,3H2,1-2H3/t20-/m1/s1. The second-order valence-corrected chi connectivity index (χ2v) is 5.82. The number of hydrogen-bond donors (Lipinski definition) is 2. The first-order valence-electron chi connectivity index (χ1n) is 7.99. The zero-order valence-electron chi connectivity index (χ0n) is 14.0. The van der Waals surface area contributed by atoms with Gasteiger partial charge in [0, 0.05) is 22.7 Å². The van der Waals surface area contributed by atoms with Crippen molar-refractivity contribution in [2.24, 2.45) is 0 Å². The van der Waals surface area contributed by atoms with Gasteiger partial charge in [-0.05, 0) is 37.1 Å². The molecule has 0 unspecified atom stereocenters. The first-order chi connectivity index (χ1) is 12.0. The third kappa shape index (κ3) is 2.67. The van der Waals surface area contributed by atoms with Gasteiger partial charge in [0.2, 0.25) is 5.60 Å². The molecule has 0 aliphatic heterocycles. The van der Waals surface area contributed by atoms with E-state index >= 15 is 0 Å². The van der Waals surface area contributed by atoms with Crippen LogP contribution in [0, 0.1) is 18.3 Å². The quantitative estimate of drug-likeness (QED) is 0.718. The molecule has 1 heterocycles. The molecule has 0 saturated heterocycles. The van der Waals surface area contributed by atoms with Gasteiger partial charge in [-0.15, -0.1) is 0 Å². The highest BCUT2D eigenvalue weighted by Crippen LogP contribution is 2.36. The normalized spacial score (nSPS) is 13.2. The van der Waals surface area contributed by atoms with Gasteiger partial charge in [0.1, 0.15) is 0 Å². The number of carbonyl (C=O) groups excluding carboxylic acids is 1. The van der Waals surface area contributed by atoms with Gasteiger partial charge >= 0.3 is 5.97 Å². The number of nitrogens with zero attached hydrogens (tertiary/aromatic N) is 1. The van der Waals surface area contributed by atoms with E-state index in [-0.39, 0.29) is 6.61 Å². The summed E-state index contributed by atoms with van der Waals surface area (Å²) in [7, 11) is 0. The molecular weight excluding hydrogens is 316 g/mol. The van der Waals surface area contributed by atoms with E-state index in [9.17, 15) is 9.90 Å². The van der Waals surface area contributed by atoms with Crippen LogP contribution in [0.2, 0.25) is 0 Å². The number of fused-ring (bicyclic) bond motifs is 1. The molecule has 1 atom stereocenters. The van der Waals surface area contributed by atoms with Crippen LogP contribution in [-0.2, 0) is 15.1 Å². The number of rotatable bonds is 4. The first-order valence-corrected chi connectivity index (χ1v) is 7.99. The van der Waals surface area contributed by atoms with Crippen LogP contribution >= 0.6 is 0 Å². The fourth-order valence-electron chi connectivity index (χ4n) is 3.01. The number of para-hydroxylation sites is 1. The van der Waals surface area contributed by atoms with Gasteiger partial charge < -0.3 is 14.8 Å². The van der Waals surface area contributed by atoms with E-state index in [1.54, 1.807) is 37.4 Å². The Balaban J connectivity index is 2.25. The Labute approximate surface area is 145 Å². The van der Waals surface area contributed by atoms with Gasteiger partial charge in [-0.25, -0.2) is 4.79 Å². The summed E-state index contributed by atoms with van der Waals surface area (Å²) in [5.41, 5.74) is 1.13. The van der Waals surface area contributed by atoms with Gasteiger partial charge in [-0.3, -0.25) is 0 Å². The van der Waals surface area contributed by atoms with Crippen molar-refractivity contribution in [1.29, 1.82) is 5.26 Å². The number of carbonyl (C=O) groups is 1. The van der Waals surface area contributed by atoms with Crippen LogP contribution in [0.3, 0.4) is 0 Å². The van der Waals surface area contributed by atoms with Crippen LogP contribution in [0.1, 0.15) is 29.2 Å². The molecule has 1 aromatic heterocycles. The van der Waals surface area contributed by atoms with Gasteiger partial charge in [0.25, 0.3) is 0 Å². The average Bonchev–Trinajstić information content (AvgIpc) is 3.07. The average molecular weight is 334 g/mol. The summed E-state index contributed by atoms with van der Waals surface area (Å²) in [5.74, 6) is -0.748. The van der Waals surface area contributed by atoms with Crippen LogP contribution in [0.25, 0.3) is 10.9 Å². The molecule has 0 amide bonds. The molecule has 2 N–H and O–H groups in total. The van der Waals surface area contributed by atoms with Crippen LogP contribution in [0.5, 0.6) is 0 Å². The van der Waals surface area contributed by atoms with Gasteiger partial charge in [0.05, 0.1) is 18.2 Å². The molecule has 3 rings (SSSR count). The topological polar surface area (TPSA) is 86.1 Å². The van der Waals surface area contributed by atoms with Crippen molar-refractivity contribution in [3.8, 4) is 6.07 Å². The third-order valence-corrected chi connectivity index (χ3v) is 4.32. The second-order valence-electron chi connectivity index (χ2n) is 5.82. The van der Waals surface area contributed by atoms with Crippen LogP contribution in [0.15, 0.2) is 48.7 Å².